The number of carbonyl (C=O) groups excluding carboxylic acids is 2. The number of nitrogens with one attached hydrogen (secondary N) is 1. The highest BCUT2D eigenvalue weighted by Gasteiger charge is 2.17. The predicted molar refractivity (Wildman–Crippen MR) is 107 cm³/mol. The van der Waals surface area contributed by atoms with Crippen molar-refractivity contribution in [3.05, 3.63) is 63.6 Å². The molecule has 0 aliphatic carbocycles. The summed E-state index contributed by atoms with van der Waals surface area (Å²) in [4.78, 5) is 28.4. The number of carbonyl (C=O) groups is 2. The fraction of sp³-hybridized carbons (Fsp3) is 0.300. The van der Waals surface area contributed by atoms with Gasteiger partial charge in [0.1, 0.15) is 5.56 Å². The number of primary amides is 1. The summed E-state index contributed by atoms with van der Waals surface area (Å²) in [6, 6.07) is 7.29. The summed E-state index contributed by atoms with van der Waals surface area (Å²) in [5.74, 6) is -0.631. The summed E-state index contributed by atoms with van der Waals surface area (Å²) in [5, 5.41) is 7.83. The van der Waals surface area contributed by atoms with E-state index in [1.54, 1.807) is 10.6 Å². The van der Waals surface area contributed by atoms with Gasteiger partial charge in [0, 0.05) is 22.8 Å². The first-order chi connectivity index (χ1) is 13.3. The van der Waals surface area contributed by atoms with Crippen LogP contribution in [0.2, 0.25) is 5.02 Å². The van der Waals surface area contributed by atoms with Crippen LogP contribution in [-0.2, 0) is 11.2 Å². The van der Waals surface area contributed by atoms with Gasteiger partial charge in [-0.3, -0.25) is 9.59 Å². The number of aromatic nitrogens is 3. The molecule has 0 aliphatic rings. The second kappa shape index (κ2) is 7.98. The predicted octanol–water partition coefficient (Wildman–Crippen LogP) is 2.91. The first kappa shape index (κ1) is 19.8. The van der Waals surface area contributed by atoms with Gasteiger partial charge in [0.2, 0.25) is 5.91 Å². The Labute approximate surface area is 167 Å². The molecule has 3 N–H and O–H groups in total. The molecule has 1 atom stereocenters. The molecular weight excluding hydrogens is 378 g/mol. The van der Waals surface area contributed by atoms with Crippen molar-refractivity contribution in [2.24, 2.45) is 5.73 Å². The summed E-state index contributed by atoms with van der Waals surface area (Å²) < 4.78 is 1.59. The van der Waals surface area contributed by atoms with Gasteiger partial charge in [-0.1, -0.05) is 23.7 Å². The Morgan fingerprint density at radius 3 is 2.75 bits per heavy atom. The van der Waals surface area contributed by atoms with Gasteiger partial charge in [0.05, 0.1) is 12.2 Å². The van der Waals surface area contributed by atoms with E-state index in [0.29, 0.717) is 23.5 Å². The summed E-state index contributed by atoms with van der Waals surface area (Å²) >= 11 is 6.01. The van der Waals surface area contributed by atoms with Crippen LogP contribution in [0, 0.1) is 13.8 Å². The van der Waals surface area contributed by atoms with Gasteiger partial charge in [0.25, 0.3) is 5.91 Å². The molecule has 146 valence electrons. The van der Waals surface area contributed by atoms with Crippen molar-refractivity contribution < 1.29 is 9.59 Å². The molecule has 0 radical (unpaired) electrons. The minimum atomic E-state index is -0.566. The summed E-state index contributed by atoms with van der Waals surface area (Å²) in [6.07, 6.45) is 2.24. The number of hydrogen-bond donors (Lipinski definition) is 2. The second-order valence-corrected chi connectivity index (χ2v) is 7.20. The van der Waals surface area contributed by atoms with Crippen molar-refractivity contribution >= 4 is 29.1 Å². The fourth-order valence-electron chi connectivity index (χ4n) is 3.26. The van der Waals surface area contributed by atoms with Gasteiger partial charge < -0.3 is 11.1 Å². The monoisotopic (exact) mass is 399 g/mol. The first-order valence-electron chi connectivity index (χ1n) is 8.96. The SMILES string of the molecule is Cc1nc2c(C(N)=O)cnn2c(C)c1CCC(=O)NC(C)c1cccc(Cl)c1. The molecule has 1 unspecified atom stereocenters. The van der Waals surface area contributed by atoms with Crippen LogP contribution in [0.5, 0.6) is 0 Å². The third-order valence-electron chi connectivity index (χ3n) is 4.80. The molecule has 0 bridgehead atoms. The molecule has 2 heterocycles. The van der Waals surface area contributed by atoms with Gasteiger partial charge in [-0.15, -0.1) is 0 Å². The third-order valence-corrected chi connectivity index (χ3v) is 5.04. The maximum Gasteiger partial charge on any atom is 0.254 e. The third kappa shape index (κ3) is 3.99. The number of fused-ring (bicyclic) bond motifs is 1. The Kier molecular flexibility index (Phi) is 5.65. The second-order valence-electron chi connectivity index (χ2n) is 6.76. The van der Waals surface area contributed by atoms with Crippen LogP contribution in [0.15, 0.2) is 30.5 Å². The first-order valence-corrected chi connectivity index (χ1v) is 9.34. The molecule has 8 heteroatoms. The van der Waals surface area contributed by atoms with Gasteiger partial charge in [-0.25, -0.2) is 9.50 Å². The highest BCUT2D eigenvalue weighted by molar-refractivity contribution is 6.30. The molecule has 3 rings (SSSR count). The number of benzene rings is 1. The Balaban J connectivity index is 1.72. The summed E-state index contributed by atoms with van der Waals surface area (Å²) in [5.41, 5.74) is 9.56. The molecule has 0 saturated heterocycles. The lowest BCUT2D eigenvalue weighted by Crippen LogP contribution is -2.27. The van der Waals surface area contributed by atoms with E-state index >= 15 is 0 Å². The fourth-order valence-corrected chi connectivity index (χ4v) is 3.46. The van der Waals surface area contributed by atoms with E-state index in [1.807, 2.05) is 39.0 Å². The van der Waals surface area contributed by atoms with Crippen molar-refractivity contribution in [2.45, 2.75) is 39.7 Å². The number of amides is 2. The standard InChI is InChI=1S/C20H22ClN5O2/c1-11(14-5-4-6-15(21)9-14)24-18(27)8-7-16-12(2)25-20-17(19(22)28)10-23-26(20)13(16)3/h4-6,9-11H,7-8H2,1-3H3,(H2,22,28)(H,24,27). The lowest BCUT2D eigenvalue weighted by atomic mass is 10.0. The summed E-state index contributed by atoms with van der Waals surface area (Å²) in [6.45, 7) is 5.66. The van der Waals surface area contributed by atoms with E-state index in [4.69, 9.17) is 17.3 Å². The zero-order valence-electron chi connectivity index (χ0n) is 16.0. The van der Waals surface area contributed by atoms with Crippen LogP contribution in [0.4, 0.5) is 0 Å². The number of nitrogens with two attached hydrogens (primary N) is 1. The highest BCUT2D eigenvalue weighted by atomic mass is 35.5. The molecule has 0 aliphatic heterocycles. The van der Waals surface area contributed by atoms with Crippen molar-refractivity contribution in [3.63, 3.8) is 0 Å². The molecule has 28 heavy (non-hydrogen) atoms. The lowest BCUT2D eigenvalue weighted by molar-refractivity contribution is -0.121. The maximum absolute atomic E-state index is 12.4. The van der Waals surface area contributed by atoms with Crippen LogP contribution in [-0.4, -0.2) is 26.4 Å². The number of rotatable bonds is 6. The van der Waals surface area contributed by atoms with E-state index < -0.39 is 5.91 Å². The number of aryl methyl sites for hydroxylation is 2. The Morgan fingerprint density at radius 2 is 2.07 bits per heavy atom. The van der Waals surface area contributed by atoms with Gasteiger partial charge in [-0.2, -0.15) is 5.10 Å². The number of nitrogens with zero attached hydrogens (tertiary/aromatic N) is 3. The maximum atomic E-state index is 12.4. The van der Waals surface area contributed by atoms with Gasteiger partial charge in [-0.05, 0) is 50.5 Å². The molecule has 0 saturated carbocycles. The number of halogens is 1. The molecular formula is C20H22ClN5O2. The van der Waals surface area contributed by atoms with Crippen molar-refractivity contribution in [2.75, 3.05) is 0 Å². The zero-order valence-corrected chi connectivity index (χ0v) is 16.7. The van der Waals surface area contributed by atoms with Gasteiger partial charge >= 0.3 is 0 Å². The van der Waals surface area contributed by atoms with Crippen LogP contribution in [0.1, 0.15) is 52.3 Å². The molecule has 0 spiro atoms. The van der Waals surface area contributed by atoms with E-state index in [9.17, 15) is 9.59 Å². The normalized spacial score (nSPS) is 12.1. The Bertz CT molecular complexity index is 1060. The Hall–Kier alpha value is -2.93. The molecule has 3 aromatic rings. The average Bonchev–Trinajstić information content (AvgIpc) is 3.05. The molecule has 1 aromatic carbocycles. The molecule has 0 fully saturated rings. The van der Waals surface area contributed by atoms with Crippen LogP contribution in [0.25, 0.3) is 5.65 Å². The van der Waals surface area contributed by atoms with Crippen LogP contribution in [0.3, 0.4) is 0 Å². The van der Waals surface area contributed by atoms with Gasteiger partial charge in [0.15, 0.2) is 5.65 Å². The molecule has 2 aromatic heterocycles. The number of hydrogen-bond acceptors (Lipinski definition) is 4. The molecule has 7 nitrogen and oxygen atoms in total. The van der Waals surface area contributed by atoms with Crippen LogP contribution < -0.4 is 11.1 Å². The van der Waals surface area contributed by atoms with Crippen molar-refractivity contribution in [3.8, 4) is 0 Å². The smallest absolute Gasteiger partial charge is 0.254 e. The largest absolute Gasteiger partial charge is 0.365 e. The van der Waals surface area contributed by atoms with E-state index in [1.165, 1.54) is 6.20 Å². The van der Waals surface area contributed by atoms with Crippen LogP contribution >= 0.6 is 11.6 Å². The van der Waals surface area contributed by atoms with Crippen molar-refractivity contribution in [1.29, 1.82) is 0 Å². The minimum Gasteiger partial charge on any atom is -0.365 e. The molecule has 2 amide bonds. The highest BCUT2D eigenvalue weighted by Crippen LogP contribution is 2.20. The quantitative estimate of drug-likeness (QED) is 0.665. The Morgan fingerprint density at radius 1 is 1.32 bits per heavy atom. The topological polar surface area (TPSA) is 102 Å². The zero-order chi connectivity index (χ0) is 20.4. The minimum absolute atomic E-state index is 0.0651. The van der Waals surface area contributed by atoms with E-state index in [0.717, 1.165) is 22.5 Å². The lowest BCUT2D eigenvalue weighted by Gasteiger charge is -2.15. The van der Waals surface area contributed by atoms with E-state index in [-0.39, 0.29) is 17.5 Å². The average molecular weight is 400 g/mol. The van der Waals surface area contributed by atoms with Crippen molar-refractivity contribution in [1.82, 2.24) is 19.9 Å². The summed E-state index contributed by atoms with van der Waals surface area (Å²) in [7, 11) is 0. The van der Waals surface area contributed by atoms with E-state index in [2.05, 4.69) is 15.4 Å².